The maximum Gasteiger partial charge on any atom is 0.338 e. The van der Waals surface area contributed by atoms with Gasteiger partial charge in [0.25, 0.3) is 0 Å². The van der Waals surface area contributed by atoms with E-state index in [2.05, 4.69) is 6.92 Å². The molecule has 0 aromatic heterocycles. The van der Waals surface area contributed by atoms with Gasteiger partial charge in [0.2, 0.25) is 0 Å². The second kappa shape index (κ2) is 8.48. The smallest absolute Gasteiger partial charge is 0.338 e. The molecule has 1 atom stereocenters. The lowest BCUT2D eigenvalue weighted by atomic mass is 10.1. The van der Waals surface area contributed by atoms with E-state index in [0.717, 1.165) is 19.3 Å². The number of hydrogen-bond acceptors (Lipinski definition) is 3. The van der Waals surface area contributed by atoms with E-state index in [1.165, 1.54) is 0 Å². The zero-order chi connectivity index (χ0) is 13.2. The van der Waals surface area contributed by atoms with Crippen molar-refractivity contribution in [1.29, 1.82) is 0 Å². The molecule has 1 aromatic carbocycles. The third kappa shape index (κ3) is 5.15. The number of aliphatic hydroxyl groups excluding tert-OH is 1. The number of ether oxygens (including phenoxy) is 1. The van der Waals surface area contributed by atoms with Gasteiger partial charge < -0.3 is 9.84 Å². The van der Waals surface area contributed by atoms with E-state index in [1.54, 1.807) is 36.4 Å². The number of hydrogen-bond donors (Lipinski definition) is 1. The lowest BCUT2D eigenvalue weighted by Gasteiger charge is -2.14. The van der Waals surface area contributed by atoms with Crippen LogP contribution in [0.3, 0.4) is 0 Å². The van der Waals surface area contributed by atoms with Crippen LogP contribution in [0.5, 0.6) is 0 Å². The number of esters is 1. The van der Waals surface area contributed by atoms with Crippen molar-refractivity contribution in [2.24, 2.45) is 0 Å². The topological polar surface area (TPSA) is 46.5 Å². The van der Waals surface area contributed by atoms with Crippen LogP contribution in [0.4, 0.5) is 0 Å². The van der Waals surface area contributed by atoms with Crippen LogP contribution in [0.1, 0.15) is 36.5 Å². The summed E-state index contributed by atoms with van der Waals surface area (Å²) in [5.74, 6) is -0.320. The molecule has 0 fully saturated rings. The van der Waals surface area contributed by atoms with Crippen molar-refractivity contribution in [2.75, 3.05) is 6.61 Å². The molecule has 0 aliphatic heterocycles. The van der Waals surface area contributed by atoms with Crippen molar-refractivity contribution < 1.29 is 14.6 Å². The Labute approximate surface area is 108 Å². The lowest BCUT2D eigenvalue weighted by molar-refractivity contribution is 0.0375. The van der Waals surface area contributed by atoms with E-state index in [9.17, 15) is 4.79 Å². The molecule has 1 unspecified atom stereocenters. The van der Waals surface area contributed by atoms with Crippen molar-refractivity contribution >= 4 is 5.97 Å². The fourth-order valence-corrected chi connectivity index (χ4v) is 1.59. The van der Waals surface area contributed by atoms with Crippen molar-refractivity contribution in [2.45, 2.75) is 32.3 Å². The first-order valence-electron chi connectivity index (χ1n) is 6.31. The Morgan fingerprint density at radius 1 is 1.39 bits per heavy atom. The lowest BCUT2D eigenvalue weighted by Crippen LogP contribution is -2.16. The molecule has 0 saturated heterocycles. The van der Waals surface area contributed by atoms with E-state index >= 15 is 0 Å². The van der Waals surface area contributed by atoms with Crippen molar-refractivity contribution in [3.05, 3.63) is 48.0 Å². The van der Waals surface area contributed by atoms with Gasteiger partial charge in [-0.1, -0.05) is 37.6 Å². The van der Waals surface area contributed by atoms with Gasteiger partial charge in [-0.2, -0.15) is 0 Å². The summed E-state index contributed by atoms with van der Waals surface area (Å²) in [4.78, 5) is 11.9. The summed E-state index contributed by atoms with van der Waals surface area (Å²) in [7, 11) is 0. The maximum absolute atomic E-state index is 11.9. The quantitative estimate of drug-likeness (QED) is 0.596. The highest BCUT2D eigenvalue weighted by Gasteiger charge is 2.12. The molecular weight excluding hydrogens is 228 g/mol. The highest BCUT2D eigenvalue weighted by molar-refractivity contribution is 5.89. The minimum atomic E-state index is -0.320. The summed E-state index contributed by atoms with van der Waals surface area (Å²) in [6.07, 6.45) is 5.92. The summed E-state index contributed by atoms with van der Waals surface area (Å²) in [5.41, 5.74) is 0.552. The zero-order valence-electron chi connectivity index (χ0n) is 10.7. The average molecular weight is 248 g/mol. The first-order chi connectivity index (χ1) is 8.77. The second-order valence-corrected chi connectivity index (χ2v) is 4.06. The Hall–Kier alpha value is -1.61. The highest BCUT2D eigenvalue weighted by Crippen LogP contribution is 2.10. The van der Waals surface area contributed by atoms with Crippen LogP contribution in [0, 0.1) is 0 Å². The van der Waals surface area contributed by atoms with Crippen molar-refractivity contribution in [3.8, 4) is 0 Å². The van der Waals surface area contributed by atoms with Gasteiger partial charge in [0.15, 0.2) is 0 Å². The van der Waals surface area contributed by atoms with Crippen LogP contribution in [0.25, 0.3) is 0 Å². The van der Waals surface area contributed by atoms with Gasteiger partial charge in [-0.3, -0.25) is 0 Å². The molecule has 1 N–H and O–H groups in total. The number of unbranched alkanes of at least 4 members (excludes halogenated alkanes) is 1. The van der Waals surface area contributed by atoms with Gasteiger partial charge in [0.05, 0.1) is 12.2 Å². The normalized spacial score (nSPS) is 12.6. The fraction of sp³-hybridized carbons (Fsp3) is 0.400. The molecule has 0 heterocycles. The summed E-state index contributed by atoms with van der Waals surface area (Å²) in [5, 5.41) is 8.76. The first kappa shape index (κ1) is 14.5. The molecule has 0 bridgehead atoms. The van der Waals surface area contributed by atoms with Gasteiger partial charge in [-0.25, -0.2) is 4.79 Å². The van der Waals surface area contributed by atoms with Crippen LogP contribution in [-0.4, -0.2) is 23.8 Å². The average Bonchev–Trinajstić information content (AvgIpc) is 2.42. The number of rotatable bonds is 7. The molecule has 98 valence electrons. The monoisotopic (exact) mass is 248 g/mol. The Bertz CT molecular complexity index is 371. The predicted molar refractivity (Wildman–Crippen MR) is 71.4 cm³/mol. The third-order valence-corrected chi connectivity index (χ3v) is 2.57. The summed E-state index contributed by atoms with van der Waals surface area (Å²) in [6, 6.07) is 8.93. The second-order valence-electron chi connectivity index (χ2n) is 4.06. The number of carbonyl (C=O) groups excluding carboxylic acids is 1. The summed E-state index contributed by atoms with van der Waals surface area (Å²) >= 11 is 0. The molecular formula is C15H20O3. The van der Waals surface area contributed by atoms with E-state index in [1.807, 2.05) is 6.07 Å². The van der Waals surface area contributed by atoms with Gasteiger partial charge in [-0.05, 0) is 31.1 Å². The van der Waals surface area contributed by atoms with Crippen LogP contribution in [0.2, 0.25) is 0 Å². The maximum atomic E-state index is 11.9. The fourth-order valence-electron chi connectivity index (χ4n) is 1.59. The zero-order valence-corrected chi connectivity index (χ0v) is 10.7. The molecule has 0 aliphatic rings. The van der Waals surface area contributed by atoms with Crippen molar-refractivity contribution in [1.82, 2.24) is 0 Å². The molecule has 0 amide bonds. The first-order valence-corrected chi connectivity index (χ1v) is 6.31. The van der Waals surface area contributed by atoms with E-state index in [-0.39, 0.29) is 18.7 Å². The Kier molecular flexibility index (Phi) is 6.81. The summed E-state index contributed by atoms with van der Waals surface area (Å²) < 4.78 is 5.40. The predicted octanol–water partition coefficient (Wildman–Crippen LogP) is 2.95. The standard InChI is InChI=1S/C15H20O3/c1-2-3-10-14(11-7-12-16)18-15(17)13-8-5-4-6-9-13/h4-9,11,14,16H,2-3,10,12H2,1H3/b11-7+. The number of carbonyl (C=O) groups is 1. The minimum absolute atomic E-state index is 0.0362. The largest absolute Gasteiger partial charge is 0.455 e. The van der Waals surface area contributed by atoms with Crippen LogP contribution in [0.15, 0.2) is 42.5 Å². The molecule has 0 radical (unpaired) electrons. The van der Waals surface area contributed by atoms with Gasteiger partial charge in [-0.15, -0.1) is 0 Å². The molecule has 18 heavy (non-hydrogen) atoms. The van der Waals surface area contributed by atoms with E-state index < -0.39 is 0 Å². The summed E-state index contributed by atoms with van der Waals surface area (Å²) in [6.45, 7) is 2.05. The number of aliphatic hydroxyl groups is 1. The van der Waals surface area contributed by atoms with Gasteiger partial charge in [0, 0.05) is 0 Å². The molecule has 3 nitrogen and oxygen atoms in total. The number of benzene rings is 1. The molecule has 1 aromatic rings. The molecule has 0 aliphatic carbocycles. The Balaban J connectivity index is 2.59. The Morgan fingerprint density at radius 2 is 2.11 bits per heavy atom. The minimum Gasteiger partial charge on any atom is -0.455 e. The van der Waals surface area contributed by atoms with E-state index in [4.69, 9.17) is 9.84 Å². The molecule has 0 spiro atoms. The Morgan fingerprint density at radius 3 is 2.72 bits per heavy atom. The highest BCUT2D eigenvalue weighted by atomic mass is 16.5. The SMILES string of the molecule is CCCCC(/C=C/CO)OC(=O)c1ccccc1. The third-order valence-electron chi connectivity index (χ3n) is 2.57. The van der Waals surface area contributed by atoms with Crippen LogP contribution < -0.4 is 0 Å². The molecule has 0 saturated carbocycles. The molecule has 1 rings (SSSR count). The van der Waals surface area contributed by atoms with E-state index in [0.29, 0.717) is 5.56 Å². The van der Waals surface area contributed by atoms with Crippen LogP contribution >= 0.6 is 0 Å². The van der Waals surface area contributed by atoms with Gasteiger partial charge >= 0.3 is 5.97 Å². The molecule has 3 heteroatoms. The van der Waals surface area contributed by atoms with Crippen LogP contribution in [-0.2, 0) is 4.74 Å². The van der Waals surface area contributed by atoms with Gasteiger partial charge in [0.1, 0.15) is 6.10 Å². The van der Waals surface area contributed by atoms with Crippen molar-refractivity contribution in [3.63, 3.8) is 0 Å².